The SMILES string of the molecule is CCn1nc(C)c(S(=O)(=O)Nc2nnc(C3CC3)s2)c1C. The predicted molar refractivity (Wildman–Crippen MR) is 80.1 cm³/mol. The Bertz CT molecular complexity index is 774. The normalized spacial score (nSPS) is 15.4. The maximum atomic E-state index is 12.5. The van der Waals surface area contributed by atoms with E-state index in [4.69, 9.17) is 0 Å². The zero-order valence-electron chi connectivity index (χ0n) is 12.1. The summed E-state index contributed by atoms with van der Waals surface area (Å²) in [5.74, 6) is 0.465. The largest absolute Gasteiger partial charge is 0.268 e. The van der Waals surface area contributed by atoms with Crippen molar-refractivity contribution in [3.05, 3.63) is 16.4 Å². The van der Waals surface area contributed by atoms with Gasteiger partial charge in [-0.05, 0) is 33.6 Å². The van der Waals surface area contributed by atoms with Gasteiger partial charge in [0, 0.05) is 12.5 Å². The van der Waals surface area contributed by atoms with Crippen LogP contribution in [0.1, 0.15) is 42.1 Å². The smallest absolute Gasteiger partial charge is 0.267 e. The summed E-state index contributed by atoms with van der Waals surface area (Å²) in [5.41, 5.74) is 1.13. The number of nitrogens with zero attached hydrogens (tertiary/aromatic N) is 4. The molecule has 1 fully saturated rings. The molecule has 0 aromatic carbocycles. The van der Waals surface area contributed by atoms with Gasteiger partial charge in [-0.15, -0.1) is 10.2 Å². The van der Waals surface area contributed by atoms with Crippen LogP contribution in [0.15, 0.2) is 4.90 Å². The summed E-state index contributed by atoms with van der Waals surface area (Å²) >= 11 is 1.31. The molecule has 3 rings (SSSR count). The Hall–Kier alpha value is -1.48. The molecular weight excluding hydrogens is 310 g/mol. The summed E-state index contributed by atoms with van der Waals surface area (Å²) in [4.78, 5) is 0.229. The molecule has 2 aromatic heterocycles. The summed E-state index contributed by atoms with van der Waals surface area (Å²) in [6.07, 6.45) is 2.23. The molecule has 0 bridgehead atoms. The molecular formula is C12H17N5O2S2. The van der Waals surface area contributed by atoms with Crippen LogP contribution in [0.3, 0.4) is 0 Å². The van der Waals surface area contributed by atoms with Gasteiger partial charge in [0.25, 0.3) is 10.0 Å². The summed E-state index contributed by atoms with van der Waals surface area (Å²) in [5, 5.41) is 13.4. The molecule has 21 heavy (non-hydrogen) atoms. The Labute approximate surface area is 127 Å². The minimum atomic E-state index is -3.68. The highest BCUT2D eigenvalue weighted by Crippen LogP contribution is 2.42. The first-order chi connectivity index (χ1) is 9.92. The molecule has 0 unspecified atom stereocenters. The van der Waals surface area contributed by atoms with Gasteiger partial charge in [0.2, 0.25) is 5.13 Å². The molecule has 0 atom stereocenters. The lowest BCUT2D eigenvalue weighted by Crippen LogP contribution is -2.15. The molecule has 114 valence electrons. The lowest BCUT2D eigenvalue weighted by molar-refractivity contribution is 0.598. The van der Waals surface area contributed by atoms with Gasteiger partial charge in [0.05, 0.1) is 11.4 Å². The van der Waals surface area contributed by atoms with Gasteiger partial charge in [0.1, 0.15) is 9.90 Å². The highest BCUT2D eigenvalue weighted by molar-refractivity contribution is 7.93. The zero-order chi connectivity index (χ0) is 15.2. The van der Waals surface area contributed by atoms with Gasteiger partial charge >= 0.3 is 0 Å². The van der Waals surface area contributed by atoms with Gasteiger partial charge in [-0.2, -0.15) is 5.10 Å². The van der Waals surface area contributed by atoms with Gasteiger partial charge in [-0.1, -0.05) is 11.3 Å². The second-order valence-corrected chi connectivity index (χ2v) is 7.77. The average molecular weight is 327 g/mol. The van der Waals surface area contributed by atoms with Gasteiger partial charge in [-0.25, -0.2) is 8.42 Å². The molecule has 1 saturated carbocycles. The Morgan fingerprint density at radius 3 is 2.62 bits per heavy atom. The van der Waals surface area contributed by atoms with Crippen LogP contribution in [-0.4, -0.2) is 28.4 Å². The van der Waals surface area contributed by atoms with E-state index in [0.29, 0.717) is 29.0 Å². The Kier molecular flexibility index (Phi) is 3.48. The van der Waals surface area contributed by atoms with Crippen LogP contribution in [-0.2, 0) is 16.6 Å². The maximum Gasteiger partial charge on any atom is 0.267 e. The van der Waals surface area contributed by atoms with E-state index in [-0.39, 0.29) is 4.90 Å². The molecule has 0 amide bonds. The van der Waals surface area contributed by atoms with Crippen molar-refractivity contribution in [1.29, 1.82) is 0 Å². The molecule has 9 heteroatoms. The number of aromatic nitrogens is 4. The van der Waals surface area contributed by atoms with E-state index in [9.17, 15) is 8.42 Å². The van der Waals surface area contributed by atoms with E-state index in [1.54, 1.807) is 18.5 Å². The van der Waals surface area contributed by atoms with Crippen LogP contribution in [0.25, 0.3) is 0 Å². The molecule has 2 heterocycles. The van der Waals surface area contributed by atoms with Crippen LogP contribution in [0, 0.1) is 13.8 Å². The molecule has 1 aliphatic rings. The highest BCUT2D eigenvalue weighted by Gasteiger charge is 2.29. The van der Waals surface area contributed by atoms with Crippen molar-refractivity contribution in [2.75, 3.05) is 4.72 Å². The number of anilines is 1. The lowest BCUT2D eigenvalue weighted by atomic mass is 10.4. The van der Waals surface area contributed by atoms with Crippen molar-refractivity contribution in [3.63, 3.8) is 0 Å². The number of nitrogens with one attached hydrogen (secondary N) is 1. The molecule has 1 aliphatic carbocycles. The third kappa shape index (κ3) is 2.67. The van der Waals surface area contributed by atoms with E-state index in [1.165, 1.54) is 11.3 Å². The third-order valence-electron chi connectivity index (χ3n) is 3.47. The van der Waals surface area contributed by atoms with Crippen molar-refractivity contribution < 1.29 is 8.42 Å². The molecule has 2 aromatic rings. The first kappa shape index (κ1) is 14.5. The number of sulfonamides is 1. The summed E-state index contributed by atoms with van der Waals surface area (Å²) in [6, 6.07) is 0. The topological polar surface area (TPSA) is 89.8 Å². The Balaban J connectivity index is 1.90. The van der Waals surface area contributed by atoms with Crippen molar-refractivity contribution in [1.82, 2.24) is 20.0 Å². The molecule has 1 N–H and O–H groups in total. The molecule has 0 spiro atoms. The Morgan fingerprint density at radius 2 is 2.05 bits per heavy atom. The second-order valence-electron chi connectivity index (χ2n) is 5.14. The van der Waals surface area contributed by atoms with Crippen LogP contribution in [0.4, 0.5) is 5.13 Å². The van der Waals surface area contributed by atoms with Crippen molar-refractivity contribution in [3.8, 4) is 0 Å². The zero-order valence-corrected chi connectivity index (χ0v) is 13.8. The monoisotopic (exact) mass is 327 g/mol. The van der Waals surface area contributed by atoms with E-state index < -0.39 is 10.0 Å². The van der Waals surface area contributed by atoms with E-state index >= 15 is 0 Å². The standard InChI is InChI=1S/C12H17N5O2S2/c1-4-17-8(3)10(7(2)15-17)21(18,19)16-12-14-13-11(20-12)9-5-6-9/h9H,4-6H2,1-3H3,(H,14,16). The predicted octanol–water partition coefficient (Wildman–Crippen LogP) is 2.05. The van der Waals surface area contributed by atoms with Crippen LogP contribution in [0.5, 0.6) is 0 Å². The number of rotatable bonds is 5. The van der Waals surface area contributed by atoms with Crippen LogP contribution in [0.2, 0.25) is 0 Å². The highest BCUT2D eigenvalue weighted by atomic mass is 32.2. The van der Waals surface area contributed by atoms with Crippen molar-refractivity contribution >= 4 is 26.5 Å². The first-order valence-corrected chi connectivity index (χ1v) is 9.12. The fraction of sp³-hybridized carbons (Fsp3) is 0.583. The summed E-state index contributed by atoms with van der Waals surface area (Å²) < 4.78 is 29.3. The minimum Gasteiger partial charge on any atom is -0.268 e. The Morgan fingerprint density at radius 1 is 1.33 bits per heavy atom. The molecule has 7 nitrogen and oxygen atoms in total. The average Bonchev–Trinajstić information content (AvgIpc) is 3.09. The second kappa shape index (κ2) is 5.06. The van der Waals surface area contributed by atoms with Crippen LogP contribution < -0.4 is 4.72 Å². The maximum absolute atomic E-state index is 12.5. The number of hydrogen-bond donors (Lipinski definition) is 1. The van der Waals surface area contributed by atoms with Crippen molar-refractivity contribution in [2.45, 2.75) is 51.0 Å². The van der Waals surface area contributed by atoms with Gasteiger partial charge in [0.15, 0.2) is 0 Å². The summed E-state index contributed by atoms with van der Waals surface area (Å²) in [6.45, 7) is 6.01. The number of hydrogen-bond acceptors (Lipinski definition) is 6. The fourth-order valence-electron chi connectivity index (χ4n) is 2.31. The lowest BCUT2D eigenvalue weighted by Gasteiger charge is -2.05. The van der Waals surface area contributed by atoms with E-state index in [1.807, 2.05) is 6.92 Å². The molecule has 0 aliphatic heterocycles. The van der Waals surface area contributed by atoms with Gasteiger partial charge in [-0.3, -0.25) is 9.40 Å². The molecule has 0 saturated heterocycles. The summed E-state index contributed by atoms with van der Waals surface area (Å²) in [7, 11) is -3.68. The van der Waals surface area contributed by atoms with Crippen molar-refractivity contribution in [2.24, 2.45) is 0 Å². The minimum absolute atomic E-state index is 0.229. The third-order valence-corrected chi connectivity index (χ3v) is 6.19. The van der Waals surface area contributed by atoms with E-state index in [0.717, 1.165) is 17.8 Å². The fourth-order valence-corrected chi connectivity index (χ4v) is 4.87. The number of aryl methyl sites for hydroxylation is 2. The molecule has 0 radical (unpaired) electrons. The van der Waals surface area contributed by atoms with E-state index in [2.05, 4.69) is 20.0 Å². The first-order valence-electron chi connectivity index (χ1n) is 6.82. The quantitative estimate of drug-likeness (QED) is 0.907. The van der Waals surface area contributed by atoms with Crippen LogP contribution >= 0.6 is 11.3 Å². The van der Waals surface area contributed by atoms with Gasteiger partial charge < -0.3 is 0 Å².